The van der Waals surface area contributed by atoms with Crippen LogP contribution in [0.3, 0.4) is 0 Å². The monoisotopic (exact) mass is 293 g/mol. The third-order valence-corrected chi connectivity index (χ3v) is 4.02. The van der Waals surface area contributed by atoms with Crippen LogP contribution in [0.15, 0.2) is 12.1 Å². The Hall–Kier alpha value is -1.79. The molecular weight excluding hydrogens is 270 g/mol. The summed E-state index contributed by atoms with van der Waals surface area (Å²) in [6.45, 7) is 3.53. The summed E-state index contributed by atoms with van der Waals surface area (Å²) in [5, 5.41) is 0. The van der Waals surface area contributed by atoms with Crippen LogP contribution in [0.25, 0.3) is 0 Å². The number of rotatable bonds is 5. The summed E-state index contributed by atoms with van der Waals surface area (Å²) in [5.41, 5.74) is 4.66. The lowest BCUT2D eigenvalue weighted by molar-refractivity contribution is -0.127. The summed E-state index contributed by atoms with van der Waals surface area (Å²) in [6.07, 6.45) is 1.61. The number of hydrogen-bond donors (Lipinski definition) is 2. The van der Waals surface area contributed by atoms with Gasteiger partial charge in [0, 0.05) is 13.1 Å². The molecule has 1 unspecified atom stereocenters. The molecule has 1 aromatic rings. The summed E-state index contributed by atoms with van der Waals surface area (Å²) in [4.78, 5) is 14.0. The summed E-state index contributed by atoms with van der Waals surface area (Å²) in [7, 11) is 3.26. The van der Waals surface area contributed by atoms with Crippen molar-refractivity contribution >= 4 is 5.91 Å². The predicted octanol–water partition coefficient (Wildman–Crippen LogP) is 0.830. The molecular formula is C15H23N3O3. The number of benzene rings is 1. The Bertz CT molecular complexity index is 519. The summed E-state index contributed by atoms with van der Waals surface area (Å²) >= 11 is 0. The second kappa shape index (κ2) is 6.78. The average Bonchev–Trinajstić information content (AvgIpc) is 2.53. The van der Waals surface area contributed by atoms with Crippen molar-refractivity contribution in [1.29, 1.82) is 0 Å². The van der Waals surface area contributed by atoms with Crippen molar-refractivity contribution in [3.63, 3.8) is 0 Å². The van der Waals surface area contributed by atoms with Crippen molar-refractivity contribution in [3.8, 4) is 11.5 Å². The van der Waals surface area contributed by atoms with Gasteiger partial charge in [-0.05, 0) is 36.1 Å². The van der Waals surface area contributed by atoms with Gasteiger partial charge in [0.2, 0.25) is 0 Å². The molecule has 0 aromatic heterocycles. The highest BCUT2D eigenvalue weighted by molar-refractivity contribution is 5.81. The number of methoxy groups -OCH3 is 2. The SMILES string of the molecule is CCC(C(=O)NN)N1CCc2cc(OC)c(OC)cc2C1. The zero-order valence-corrected chi connectivity index (χ0v) is 12.8. The van der Waals surface area contributed by atoms with Gasteiger partial charge in [0.25, 0.3) is 5.91 Å². The van der Waals surface area contributed by atoms with Crippen molar-refractivity contribution in [1.82, 2.24) is 10.3 Å². The summed E-state index contributed by atoms with van der Waals surface area (Å²) in [5.74, 6) is 6.60. The van der Waals surface area contributed by atoms with Crippen molar-refractivity contribution in [2.24, 2.45) is 5.84 Å². The number of amides is 1. The first-order valence-corrected chi connectivity index (χ1v) is 7.12. The number of nitrogens with two attached hydrogens (primary N) is 1. The van der Waals surface area contributed by atoms with E-state index in [1.165, 1.54) is 11.1 Å². The minimum Gasteiger partial charge on any atom is -0.493 e. The normalized spacial score (nSPS) is 16.0. The molecule has 0 spiro atoms. The number of hydrogen-bond acceptors (Lipinski definition) is 5. The van der Waals surface area contributed by atoms with Crippen LogP contribution < -0.4 is 20.7 Å². The van der Waals surface area contributed by atoms with Gasteiger partial charge in [0.1, 0.15) is 0 Å². The molecule has 6 heteroatoms. The van der Waals surface area contributed by atoms with Crippen LogP contribution >= 0.6 is 0 Å². The van der Waals surface area contributed by atoms with Crippen LogP contribution in [0.2, 0.25) is 0 Å². The zero-order valence-electron chi connectivity index (χ0n) is 12.8. The molecule has 21 heavy (non-hydrogen) atoms. The van der Waals surface area contributed by atoms with Crippen LogP contribution in [0, 0.1) is 0 Å². The standard InChI is InChI=1S/C15H23N3O3/c1-4-12(15(19)17-16)18-6-5-10-7-13(20-2)14(21-3)8-11(10)9-18/h7-8,12H,4-6,9,16H2,1-3H3,(H,17,19). The zero-order chi connectivity index (χ0) is 15.4. The fraction of sp³-hybridized carbons (Fsp3) is 0.533. The van der Waals surface area contributed by atoms with E-state index in [0.29, 0.717) is 6.54 Å². The average molecular weight is 293 g/mol. The first-order valence-electron chi connectivity index (χ1n) is 7.12. The lowest BCUT2D eigenvalue weighted by atomic mass is 9.97. The Morgan fingerprint density at radius 1 is 1.33 bits per heavy atom. The molecule has 6 nitrogen and oxygen atoms in total. The molecule has 1 aromatic carbocycles. The van der Waals surface area contributed by atoms with Crippen molar-refractivity contribution < 1.29 is 14.3 Å². The van der Waals surface area contributed by atoms with Crippen LogP contribution in [0.4, 0.5) is 0 Å². The maximum absolute atomic E-state index is 11.9. The van der Waals surface area contributed by atoms with Gasteiger partial charge in [-0.15, -0.1) is 0 Å². The van der Waals surface area contributed by atoms with E-state index in [1.54, 1.807) is 14.2 Å². The summed E-state index contributed by atoms with van der Waals surface area (Å²) < 4.78 is 10.7. The van der Waals surface area contributed by atoms with E-state index in [0.717, 1.165) is 30.9 Å². The Morgan fingerprint density at radius 3 is 2.48 bits per heavy atom. The molecule has 0 bridgehead atoms. The fourth-order valence-electron chi connectivity index (χ4n) is 2.88. The van der Waals surface area contributed by atoms with E-state index < -0.39 is 0 Å². The number of ether oxygens (including phenoxy) is 2. The lowest BCUT2D eigenvalue weighted by Gasteiger charge is -2.34. The highest BCUT2D eigenvalue weighted by atomic mass is 16.5. The molecule has 0 fully saturated rings. The van der Waals surface area contributed by atoms with Crippen molar-refractivity contribution in [2.75, 3.05) is 20.8 Å². The second-order valence-electron chi connectivity index (χ2n) is 5.13. The first-order chi connectivity index (χ1) is 10.1. The van der Waals surface area contributed by atoms with Gasteiger partial charge >= 0.3 is 0 Å². The molecule has 1 amide bonds. The minimum atomic E-state index is -0.198. The number of fused-ring (bicyclic) bond motifs is 1. The van der Waals surface area contributed by atoms with Crippen molar-refractivity contribution in [2.45, 2.75) is 32.4 Å². The third kappa shape index (κ3) is 3.11. The van der Waals surface area contributed by atoms with Crippen molar-refractivity contribution in [3.05, 3.63) is 23.3 Å². The van der Waals surface area contributed by atoms with Crippen LogP contribution in [-0.2, 0) is 17.8 Å². The Morgan fingerprint density at radius 2 is 1.95 bits per heavy atom. The topological polar surface area (TPSA) is 76.8 Å². The molecule has 1 aliphatic heterocycles. The molecule has 1 aliphatic rings. The highest BCUT2D eigenvalue weighted by Crippen LogP contribution is 2.33. The van der Waals surface area contributed by atoms with Crippen LogP contribution in [-0.4, -0.2) is 37.6 Å². The number of carbonyl (C=O) groups is 1. The molecule has 0 radical (unpaired) electrons. The Labute approximate surface area is 125 Å². The maximum atomic E-state index is 11.9. The third-order valence-electron chi connectivity index (χ3n) is 4.02. The van der Waals surface area contributed by atoms with Crippen LogP contribution in [0.5, 0.6) is 11.5 Å². The van der Waals surface area contributed by atoms with E-state index >= 15 is 0 Å². The van der Waals surface area contributed by atoms with Gasteiger partial charge in [0.15, 0.2) is 11.5 Å². The van der Waals surface area contributed by atoms with Gasteiger partial charge in [-0.2, -0.15) is 0 Å². The van der Waals surface area contributed by atoms with E-state index in [1.807, 2.05) is 19.1 Å². The van der Waals surface area contributed by atoms with E-state index in [4.69, 9.17) is 15.3 Å². The molecule has 0 aliphatic carbocycles. The molecule has 1 heterocycles. The van der Waals surface area contributed by atoms with E-state index in [2.05, 4.69) is 10.3 Å². The van der Waals surface area contributed by atoms with Gasteiger partial charge in [0.05, 0.1) is 20.3 Å². The molecule has 2 rings (SSSR count). The van der Waals surface area contributed by atoms with Gasteiger partial charge in [-0.1, -0.05) is 6.92 Å². The van der Waals surface area contributed by atoms with Crippen LogP contribution in [0.1, 0.15) is 24.5 Å². The Kier molecular flexibility index (Phi) is 5.03. The molecule has 3 N–H and O–H groups in total. The van der Waals surface area contributed by atoms with E-state index in [9.17, 15) is 4.79 Å². The molecule has 0 saturated heterocycles. The second-order valence-corrected chi connectivity index (χ2v) is 5.13. The predicted molar refractivity (Wildman–Crippen MR) is 80.1 cm³/mol. The summed E-state index contributed by atoms with van der Waals surface area (Å²) in [6, 6.07) is 3.82. The quantitative estimate of drug-likeness (QED) is 0.478. The first kappa shape index (κ1) is 15.6. The smallest absolute Gasteiger partial charge is 0.251 e. The maximum Gasteiger partial charge on any atom is 0.251 e. The minimum absolute atomic E-state index is 0.138. The number of hydrazine groups is 1. The highest BCUT2D eigenvalue weighted by Gasteiger charge is 2.28. The molecule has 116 valence electrons. The number of nitrogens with zero attached hydrogens (tertiary/aromatic N) is 1. The lowest BCUT2D eigenvalue weighted by Crippen LogP contribution is -2.50. The Balaban J connectivity index is 2.25. The number of nitrogens with one attached hydrogen (secondary N) is 1. The van der Waals surface area contributed by atoms with Gasteiger partial charge < -0.3 is 9.47 Å². The fourth-order valence-corrected chi connectivity index (χ4v) is 2.88. The van der Waals surface area contributed by atoms with Gasteiger partial charge in [-0.25, -0.2) is 5.84 Å². The molecule has 0 saturated carbocycles. The number of carbonyl (C=O) groups excluding carboxylic acids is 1. The largest absolute Gasteiger partial charge is 0.493 e. The van der Waals surface area contributed by atoms with E-state index in [-0.39, 0.29) is 11.9 Å². The molecule has 1 atom stereocenters. The van der Waals surface area contributed by atoms with Gasteiger partial charge in [-0.3, -0.25) is 15.1 Å².